The van der Waals surface area contributed by atoms with Gasteiger partial charge in [-0.1, -0.05) is 5.16 Å². The van der Waals surface area contributed by atoms with Crippen molar-refractivity contribution in [1.82, 2.24) is 30.3 Å². The van der Waals surface area contributed by atoms with Crippen LogP contribution in [0.25, 0.3) is 11.0 Å². The number of halogens is 1. The number of fused-ring (bicyclic) bond motifs is 1. The summed E-state index contributed by atoms with van der Waals surface area (Å²) in [7, 11) is 0. The summed E-state index contributed by atoms with van der Waals surface area (Å²) in [4.78, 5) is 29.4. The minimum Gasteiger partial charge on any atom is -0.361 e. The first-order valence-electron chi connectivity index (χ1n) is 8.73. The maximum atomic E-state index is 12.8. The quantitative estimate of drug-likeness (QED) is 0.569. The van der Waals surface area contributed by atoms with Crippen molar-refractivity contribution in [2.45, 2.75) is 31.8 Å². The van der Waals surface area contributed by atoms with E-state index in [0.29, 0.717) is 43.9 Å². The number of hydrogen-bond donors (Lipinski definition) is 3. The van der Waals surface area contributed by atoms with Crippen LogP contribution in [0.1, 0.15) is 24.3 Å². The molecule has 0 radical (unpaired) electrons. The summed E-state index contributed by atoms with van der Waals surface area (Å²) in [5.74, 6) is 1.42. The Morgan fingerprint density at radius 2 is 2.22 bits per heavy atom. The zero-order chi connectivity index (χ0) is 18.9. The highest BCUT2D eigenvalue weighted by Gasteiger charge is 2.41. The predicted octanol–water partition coefficient (Wildman–Crippen LogP) is 1.65. The summed E-state index contributed by atoms with van der Waals surface area (Å²) in [5.41, 5.74) is 0.646. The van der Waals surface area contributed by atoms with Gasteiger partial charge in [-0.2, -0.15) is 0 Å². The van der Waals surface area contributed by atoms with E-state index in [4.69, 9.17) is 16.3 Å². The Labute approximate surface area is 160 Å². The Hall–Kier alpha value is -2.65. The van der Waals surface area contributed by atoms with E-state index in [1.165, 1.54) is 0 Å². The standard InChI is InChI=1S/C17H20ClN7O2/c1-11-8-12(23-27-11)9-20-16(26)17(24-18)3-6-25(7-4-17)15-13-2-5-19-14(13)21-10-22-15/h2,5,8,10,24H,3-4,6-7,9H2,1H3,(H,20,26)(H,19,21,22). The lowest BCUT2D eigenvalue weighted by Crippen LogP contribution is -2.59. The predicted molar refractivity (Wildman–Crippen MR) is 100 cm³/mol. The number of rotatable bonds is 5. The van der Waals surface area contributed by atoms with Crippen LogP contribution >= 0.6 is 11.8 Å². The van der Waals surface area contributed by atoms with Gasteiger partial charge in [0.2, 0.25) is 5.91 Å². The van der Waals surface area contributed by atoms with E-state index in [2.05, 4.69) is 35.2 Å². The summed E-state index contributed by atoms with van der Waals surface area (Å²) in [6.07, 6.45) is 4.49. The number of piperidine rings is 1. The van der Waals surface area contributed by atoms with Crippen LogP contribution in [0.5, 0.6) is 0 Å². The molecule has 0 spiro atoms. The summed E-state index contributed by atoms with van der Waals surface area (Å²) >= 11 is 6.00. The zero-order valence-corrected chi connectivity index (χ0v) is 15.6. The molecule has 3 aromatic rings. The first-order valence-corrected chi connectivity index (χ1v) is 9.10. The number of H-pyrrole nitrogens is 1. The van der Waals surface area contributed by atoms with Gasteiger partial charge in [-0.3, -0.25) is 4.79 Å². The van der Waals surface area contributed by atoms with Crippen molar-refractivity contribution in [2.24, 2.45) is 0 Å². The van der Waals surface area contributed by atoms with Gasteiger partial charge in [0, 0.05) is 25.4 Å². The molecule has 0 aliphatic carbocycles. The van der Waals surface area contributed by atoms with Crippen molar-refractivity contribution in [3.63, 3.8) is 0 Å². The summed E-state index contributed by atoms with van der Waals surface area (Å²) in [6.45, 7) is 3.40. The lowest BCUT2D eigenvalue weighted by molar-refractivity contribution is -0.128. The molecule has 1 amide bonds. The van der Waals surface area contributed by atoms with Gasteiger partial charge in [0.25, 0.3) is 0 Å². The zero-order valence-electron chi connectivity index (χ0n) is 14.8. The van der Waals surface area contributed by atoms with Crippen LogP contribution in [0.4, 0.5) is 5.82 Å². The van der Waals surface area contributed by atoms with E-state index in [9.17, 15) is 4.79 Å². The van der Waals surface area contributed by atoms with Crippen molar-refractivity contribution < 1.29 is 9.32 Å². The van der Waals surface area contributed by atoms with Gasteiger partial charge in [-0.05, 0) is 37.6 Å². The smallest absolute Gasteiger partial charge is 0.241 e. The highest BCUT2D eigenvalue weighted by Crippen LogP contribution is 2.29. The Bertz CT molecular complexity index is 946. The van der Waals surface area contributed by atoms with Crippen LogP contribution < -0.4 is 15.1 Å². The lowest BCUT2D eigenvalue weighted by Gasteiger charge is -2.40. The van der Waals surface area contributed by atoms with E-state index in [1.54, 1.807) is 12.4 Å². The molecule has 0 bridgehead atoms. The minimum absolute atomic E-state index is 0.146. The molecule has 0 aromatic carbocycles. The largest absolute Gasteiger partial charge is 0.361 e. The van der Waals surface area contributed by atoms with E-state index < -0.39 is 5.54 Å². The van der Waals surface area contributed by atoms with Crippen molar-refractivity contribution in [3.8, 4) is 0 Å². The fourth-order valence-corrected chi connectivity index (χ4v) is 3.69. The number of aromatic nitrogens is 4. The summed E-state index contributed by atoms with van der Waals surface area (Å²) < 4.78 is 5.02. The molecule has 10 heteroatoms. The van der Waals surface area contributed by atoms with Gasteiger partial charge >= 0.3 is 0 Å². The first kappa shape index (κ1) is 17.7. The number of aryl methyl sites for hydroxylation is 1. The second-order valence-corrected chi connectivity index (χ2v) is 6.90. The van der Waals surface area contributed by atoms with Crippen molar-refractivity contribution in [2.75, 3.05) is 18.0 Å². The molecule has 0 saturated carbocycles. The Morgan fingerprint density at radius 1 is 1.41 bits per heavy atom. The molecule has 1 saturated heterocycles. The molecular formula is C17H20ClN7O2. The molecule has 4 rings (SSSR count). The summed E-state index contributed by atoms with van der Waals surface area (Å²) in [6, 6.07) is 3.75. The minimum atomic E-state index is -0.832. The molecule has 1 aliphatic heterocycles. The molecule has 9 nitrogen and oxygen atoms in total. The average Bonchev–Trinajstić information content (AvgIpc) is 3.34. The third-order valence-electron chi connectivity index (χ3n) is 4.97. The highest BCUT2D eigenvalue weighted by atomic mass is 35.5. The van der Waals surface area contributed by atoms with Crippen LogP contribution in [-0.2, 0) is 11.3 Å². The summed E-state index contributed by atoms with van der Waals surface area (Å²) in [5, 5.41) is 7.75. The molecular weight excluding hydrogens is 370 g/mol. The molecule has 27 heavy (non-hydrogen) atoms. The Kier molecular flexibility index (Phi) is 4.71. The first-order chi connectivity index (χ1) is 13.1. The number of amides is 1. The van der Waals surface area contributed by atoms with Gasteiger partial charge < -0.3 is 19.7 Å². The molecule has 4 heterocycles. The van der Waals surface area contributed by atoms with Crippen LogP contribution in [-0.4, -0.2) is 44.6 Å². The van der Waals surface area contributed by atoms with Crippen molar-refractivity contribution in [3.05, 3.63) is 36.1 Å². The number of anilines is 1. The van der Waals surface area contributed by atoms with Gasteiger partial charge in [-0.15, -0.1) is 0 Å². The number of aromatic amines is 1. The molecule has 0 atom stereocenters. The lowest BCUT2D eigenvalue weighted by atomic mass is 9.87. The van der Waals surface area contributed by atoms with Gasteiger partial charge in [-0.25, -0.2) is 14.8 Å². The number of carbonyl (C=O) groups is 1. The molecule has 3 N–H and O–H groups in total. The van der Waals surface area contributed by atoms with Gasteiger partial charge in [0.1, 0.15) is 34.8 Å². The second-order valence-electron chi connectivity index (χ2n) is 6.71. The number of carbonyl (C=O) groups excluding carboxylic acids is 1. The molecule has 3 aromatic heterocycles. The maximum absolute atomic E-state index is 12.8. The molecule has 0 unspecified atom stereocenters. The van der Waals surface area contributed by atoms with Crippen LogP contribution in [0.3, 0.4) is 0 Å². The van der Waals surface area contributed by atoms with E-state index in [-0.39, 0.29) is 5.91 Å². The molecule has 1 fully saturated rings. The third kappa shape index (κ3) is 3.35. The maximum Gasteiger partial charge on any atom is 0.241 e. The SMILES string of the molecule is Cc1cc(CNC(=O)C2(NCl)CCN(c3ncnc4[nH]ccc34)CC2)no1. The molecule has 142 valence electrons. The van der Waals surface area contributed by atoms with Crippen molar-refractivity contribution >= 4 is 34.5 Å². The van der Waals surface area contributed by atoms with E-state index in [1.807, 2.05) is 19.2 Å². The van der Waals surface area contributed by atoms with Crippen molar-refractivity contribution in [1.29, 1.82) is 0 Å². The monoisotopic (exact) mass is 389 g/mol. The second kappa shape index (κ2) is 7.16. The Morgan fingerprint density at radius 3 is 2.93 bits per heavy atom. The van der Waals surface area contributed by atoms with Crippen LogP contribution in [0.15, 0.2) is 29.2 Å². The number of nitrogens with zero attached hydrogens (tertiary/aromatic N) is 4. The highest BCUT2D eigenvalue weighted by molar-refractivity contribution is 6.16. The van der Waals surface area contributed by atoms with Gasteiger partial charge in [0.05, 0.1) is 11.9 Å². The fraction of sp³-hybridized carbons (Fsp3) is 0.412. The van der Waals surface area contributed by atoms with Crippen LogP contribution in [0, 0.1) is 6.92 Å². The number of hydrogen-bond acceptors (Lipinski definition) is 7. The van der Waals surface area contributed by atoms with Crippen LogP contribution in [0.2, 0.25) is 0 Å². The average molecular weight is 390 g/mol. The van der Waals surface area contributed by atoms with E-state index in [0.717, 1.165) is 16.9 Å². The normalized spacial score (nSPS) is 16.6. The van der Waals surface area contributed by atoms with E-state index >= 15 is 0 Å². The topological polar surface area (TPSA) is 112 Å². The fourth-order valence-electron chi connectivity index (χ4n) is 3.42. The van der Waals surface area contributed by atoms with Gasteiger partial charge in [0.15, 0.2) is 0 Å². The Balaban J connectivity index is 1.43. The number of nitrogens with one attached hydrogen (secondary N) is 3. The molecule has 1 aliphatic rings. The third-order valence-corrected chi connectivity index (χ3v) is 5.33.